The number of nitrogens with one attached hydrogen (secondary N) is 3. The number of aromatic nitrogens is 3. The predicted molar refractivity (Wildman–Crippen MR) is 60.9 cm³/mol. The monoisotopic (exact) mass is 258 g/mol. The van der Waals surface area contributed by atoms with E-state index in [1.807, 2.05) is 0 Å². The number of rotatable bonds is 5. The summed E-state index contributed by atoms with van der Waals surface area (Å²) in [6.45, 7) is 0.411. The maximum Gasteiger partial charge on any atom is 0.328 e. The molecular weight excluding hydrogens is 247 g/mol. The largest absolute Gasteiger partial charge is 0.355 e. The molecular formula is C8H11N4O4P. The molecule has 5 N–H and O–H groups in total. The molecule has 0 saturated heterocycles. The van der Waals surface area contributed by atoms with Gasteiger partial charge in [-0.25, -0.2) is 4.98 Å². The molecule has 0 aliphatic heterocycles. The molecule has 17 heavy (non-hydrogen) atoms. The fourth-order valence-corrected chi connectivity index (χ4v) is 1.64. The minimum absolute atomic E-state index is 0.00850. The second kappa shape index (κ2) is 5.35. The molecule has 0 amide bonds. The number of aromatic amines is 2. The Bertz CT molecular complexity index is 552. The average Bonchev–Trinajstić information content (AvgIpc) is 2.69. The molecule has 0 atom stereocenters. The molecule has 0 fully saturated rings. The van der Waals surface area contributed by atoms with Gasteiger partial charge in [0, 0.05) is 18.3 Å². The Morgan fingerprint density at radius 1 is 1.47 bits per heavy atom. The Balaban J connectivity index is 2.04. The van der Waals surface area contributed by atoms with Gasteiger partial charge in [-0.05, 0) is 0 Å². The molecule has 0 saturated carbocycles. The summed E-state index contributed by atoms with van der Waals surface area (Å²) in [7, 11) is -2.35. The molecule has 0 unspecified atom stereocenters. The number of hydrogen-bond acceptors (Lipinski definition) is 6. The molecule has 0 bridgehead atoms. The topological polar surface area (TPSA) is 123 Å². The molecule has 9 heteroatoms. The van der Waals surface area contributed by atoms with Crippen molar-refractivity contribution in [1.82, 2.24) is 20.3 Å². The predicted octanol–water partition coefficient (Wildman–Crippen LogP) is -0.474. The molecule has 0 spiro atoms. The van der Waals surface area contributed by atoms with E-state index < -0.39 is 8.60 Å². The molecule has 0 aliphatic rings. The minimum Gasteiger partial charge on any atom is -0.355 e. The molecule has 0 radical (unpaired) electrons. The van der Waals surface area contributed by atoms with Crippen molar-refractivity contribution in [3.63, 3.8) is 0 Å². The summed E-state index contributed by atoms with van der Waals surface area (Å²) in [5.74, 6) is 0. The van der Waals surface area contributed by atoms with Crippen LogP contribution in [-0.2, 0) is 11.1 Å². The highest BCUT2D eigenvalue weighted by Gasteiger charge is 2.07. The van der Waals surface area contributed by atoms with Gasteiger partial charge in [0.2, 0.25) is 0 Å². The Labute approximate surface area is 96.7 Å². The highest BCUT2D eigenvalue weighted by molar-refractivity contribution is 7.39. The van der Waals surface area contributed by atoms with Gasteiger partial charge in [-0.2, -0.15) is 0 Å². The van der Waals surface area contributed by atoms with E-state index in [-0.39, 0.29) is 12.3 Å². The summed E-state index contributed by atoms with van der Waals surface area (Å²) in [6.07, 6.45) is 3.00. The zero-order valence-corrected chi connectivity index (χ0v) is 9.57. The van der Waals surface area contributed by atoms with Gasteiger partial charge in [0.1, 0.15) is 12.2 Å². The van der Waals surface area contributed by atoms with Crippen LogP contribution in [0.2, 0.25) is 0 Å². The zero-order chi connectivity index (χ0) is 12.3. The van der Waals surface area contributed by atoms with Crippen LogP contribution in [0.25, 0.3) is 11.0 Å². The van der Waals surface area contributed by atoms with Crippen LogP contribution in [0.1, 0.15) is 5.56 Å². The van der Waals surface area contributed by atoms with Gasteiger partial charge in [0.05, 0.1) is 11.8 Å². The van der Waals surface area contributed by atoms with Crippen LogP contribution < -0.4 is 10.9 Å². The van der Waals surface area contributed by atoms with E-state index in [4.69, 9.17) is 9.79 Å². The number of fused-ring (bicyclic) bond motifs is 1. The average molecular weight is 258 g/mol. The van der Waals surface area contributed by atoms with Crippen molar-refractivity contribution in [3.8, 4) is 0 Å². The zero-order valence-electron chi connectivity index (χ0n) is 8.67. The third-order valence-corrected chi connectivity index (χ3v) is 2.51. The SMILES string of the molecule is O=c1[nH]cnc2c(CNCOP(O)O)c[nH]c12. The van der Waals surface area contributed by atoms with Gasteiger partial charge >= 0.3 is 8.60 Å². The Morgan fingerprint density at radius 2 is 2.29 bits per heavy atom. The molecule has 0 aliphatic carbocycles. The summed E-state index contributed by atoms with van der Waals surface area (Å²) in [5, 5.41) is 2.83. The quantitative estimate of drug-likeness (QED) is 0.280. The number of nitrogens with zero attached hydrogens (tertiary/aromatic N) is 1. The van der Waals surface area contributed by atoms with E-state index in [2.05, 4.69) is 24.8 Å². The fourth-order valence-electron chi connectivity index (χ4n) is 1.43. The number of hydrogen-bond donors (Lipinski definition) is 5. The maximum atomic E-state index is 11.4. The normalized spacial score (nSPS) is 11.5. The lowest BCUT2D eigenvalue weighted by Gasteiger charge is -2.04. The summed E-state index contributed by atoms with van der Waals surface area (Å²) in [6, 6.07) is 0. The van der Waals surface area contributed by atoms with E-state index in [9.17, 15) is 4.79 Å². The lowest BCUT2D eigenvalue weighted by atomic mass is 10.3. The first-order valence-electron chi connectivity index (χ1n) is 4.73. The second-order valence-corrected chi connectivity index (χ2v) is 3.99. The molecule has 2 rings (SSSR count). The van der Waals surface area contributed by atoms with Crippen molar-refractivity contribution in [2.75, 3.05) is 6.73 Å². The first kappa shape index (κ1) is 12.2. The van der Waals surface area contributed by atoms with Crippen molar-refractivity contribution in [2.24, 2.45) is 0 Å². The van der Waals surface area contributed by atoms with Crippen LogP contribution in [0.4, 0.5) is 0 Å². The highest BCUT2D eigenvalue weighted by atomic mass is 31.2. The Morgan fingerprint density at radius 3 is 3.06 bits per heavy atom. The van der Waals surface area contributed by atoms with Crippen LogP contribution in [0, 0.1) is 0 Å². The summed E-state index contributed by atoms with van der Waals surface area (Å²) in [5.41, 5.74) is 1.56. The summed E-state index contributed by atoms with van der Waals surface area (Å²) >= 11 is 0. The summed E-state index contributed by atoms with van der Waals surface area (Å²) < 4.78 is 4.54. The van der Waals surface area contributed by atoms with Gasteiger partial charge in [-0.1, -0.05) is 0 Å². The van der Waals surface area contributed by atoms with Crippen LogP contribution in [-0.4, -0.2) is 31.5 Å². The van der Waals surface area contributed by atoms with Gasteiger partial charge in [0.15, 0.2) is 0 Å². The van der Waals surface area contributed by atoms with Crippen molar-refractivity contribution < 1.29 is 14.3 Å². The third-order valence-electron chi connectivity index (χ3n) is 2.15. The maximum absolute atomic E-state index is 11.4. The van der Waals surface area contributed by atoms with E-state index in [1.165, 1.54) is 6.33 Å². The Hall–Kier alpha value is -1.31. The molecule has 2 aromatic rings. The molecule has 2 aromatic heterocycles. The summed E-state index contributed by atoms with van der Waals surface area (Å²) in [4.78, 5) is 37.7. The molecule has 8 nitrogen and oxygen atoms in total. The van der Waals surface area contributed by atoms with Crippen LogP contribution in [0.15, 0.2) is 17.3 Å². The first-order chi connectivity index (χ1) is 8.18. The molecule has 0 aromatic carbocycles. The van der Waals surface area contributed by atoms with Gasteiger partial charge < -0.3 is 19.8 Å². The smallest absolute Gasteiger partial charge is 0.328 e. The standard InChI is InChI=1S/C8H11N4O4P/c13-8-7-6(11-3-12-8)5(2-10-7)1-9-4-16-17(14)15/h2-3,9-10,14-15H,1,4H2,(H,11,12,13). The van der Waals surface area contributed by atoms with Crippen molar-refractivity contribution >= 4 is 19.6 Å². The van der Waals surface area contributed by atoms with E-state index in [0.717, 1.165) is 5.56 Å². The first-order valence-corrected chi connectivity index (χ1v) is 5.90. The highest BCUT2D eigenvalue weighted by Crippen LogP contribution is 2.22. The van der Waals surface area contributed by atoms with E-state index in [1.54, 1.807) is 6.20 Å². The second-order valence-electron chi connectivity index (χ2n) is 3.22. The molecule has 92 valence electrons. The van der Waals surface area contributed by atoms with Crippen LogP contribution in [0.3, 0.4) is 0 Å². The lowest BCUT2D eigenvalue weighted by Crippen LogP contribution is -2.16. The van der Waals surface area contributed by atoms with Crippen LogP contribution in [0.5, 0.6) is 0 Å². The van der Waals surface area contributed by atoms with Gasteiger partial charge in [0.25, 0.3) is 5.56 Å². The number of H-pyrrole nitrogens is 2. The third kappa shape index (κ3) is 2.87. The van der Waals surface area contributed by atoms with E-state index in [0.29, 0.717) is 17.6 Å². The van der Waals surface area contributed by atoms with Crippen LogP contribution >= 0.6 is 8.60 Å². The van der Waals surface area contributed by atoms with Crippen molar-refractivity contribution in [2.45, 2.75) is 6.54 Å². The van der Waals surface area contributed by atoms with Crippen molar-refractivity contribution in [3.05, 3.63) is 28.4 Å². The van der Waals surface area contributed by atoms with E-state index >= 15 is 0 Å². The fraction of sp³-hybridized carbons (Fsp3) is 0.250. The lowest BCUT2D eigenvalue weighted by molar-refractivity contribution is 0.233. The minimum atomic E-state index is -2.35. The van der Waals surface area contributed by atoms with Gasteiger partial charge in [-0.15, -0.1) is 0 Å². The molecule has 2 heterocycles. The van der Waals surface area contributed by atoms with Gasteiger partial charge in [-0.3, -0.25) is 14.6 Å². The Kier molecular flexibility index (Phi) is 3.82. The van der Waals surface area contributed by atoms with Crippen molar-refractivity contribution in [1.29, 1.82) is 0 Å².